The van der Waals surface area contributed by atoms with Crippen LogP contribution in [-0.2, 0) is 14.6 Å². The molecule has 0 saturated carbocycles. The van der Waals surface area contributed by atoms with E-state index in [1.54, 1.807) is 7.05 Å². The van der Waals surface area contributed by atoms with Crippen molar-refractivity contribution in [3.8, 4) is 0 Å². The second-order valence-electron chi connectivity index (χ2n) is 5.90. The Hall–Kier alpha value is -0.660. The van der Waals surface area contributed by atoms with Gasteiger partial charge in [0.15, 0.2) is 9.84 Å². The molecule has 0 aliphatic carbocycles. The van der Waals surface area contributed by atoms with E-state index in [9.17, 15) is 13.2 Å². The third kappa shape index (κ3) is 4.71. The Balaban J connectivity index is 2.33. The Morgan fingerprint density at radius 1 is 1.45 bits per heavy atom. The molecule has 0 bridgehead atoms. The number of nitrogens with one attached hydrogen (secondary N) is 1. The smallest absolute Gasteiger partial charge is 0.237 e. The maximum atomic E-state index is 11.5. The molecule has 1 amide bonds. The number of primary amides is 1. The number of nitrogens with zero attached hydrogens (tertiary/aromatic N) is 1. The number of unbranched alkanes of at least 4 members (excludes halogenated alkanes) is 1. The van der Waals surface area contributed by atoms with Gasteiger partial charge in [0.2, 0.25) is 5.91 Å². The van der Waals surface area contributed by atoms with Crippen LogP contribution in [0.25, 0.3) is 0 Å². The molecule has 118 valence electrons. The van der Waals surface area contributed by atoms with Crippen molar-refractivity contribution in [1.82, 2.24) is 10.2 Å². The van der Waals surface area contributed by atoms with Crippen LogP contribution in [0.2, 0.25) is 0 Å². The van der Waals surface area contributed by atoms with Crippen molar-refractivity contribution in [3.63, 3.8) is 0 Å². The van der Waals surface area contributed by atoms with Gasteiger partial charge in [0.05, 0.1) is 17.0 Å². The largest absolute Gasteiger partial charge is 0.368 e. The summed E-state index contributed by atoms with van der Waals surface area (Å²) in [7, 11) is -1.11. The molecule has 0 aromatic rings. The highest BCUT2D eigenvalue weighted by molar-refractivity contribution is 7.91. The van der Waals surface area contributed by atoms with Crippen LogP contribution in [0.3, 0.4) is 0 Å². The second kappa shape index (κ2) is 6.87. The van der Waals surface area contributed by atoms with Crippen LogP contribution in [0.15, 0.2) is 0 Å². The molecule has 1 aliphatic heterocycles. The predicted molar refractivity (Wildman–Crippen MR) is 80.2 cm³/mol. The average molecular weight is 305 g/mol. The number of amides is 1. The zero-order valence-electron chi connectivity index (χ0n) is 12.7. The Bertz CT molecular complexity index is 438. The van der Waals surface area contributed by atoms with E-state index in [1.165, 1.54) is 0 Å². The van der Waals surface area contributed by atoms with Crippen LogP contribution in [0.4, 0.5) is 0 Å². The van der Waals surface area contributed by atoms with Gasteiger partial charge in [0.1, 0.15) is 0 Å². The minimum Gasteiger partial charge on any atom is -0.368 e. The number of sulfone groups is 1. The van der Waals surface area contributed by atoms with Crippen LogP contribution < -0.4 is 11.1 Å². The summed E-state index contributed by atoms with van der Waals surface area (Å²) in [5.41, 5.74) is 4.72. The molecule has 1 rings (SSSR count). The van der Waals surface area contributed by atoms with Crippen LogP contribution in [0.1, 0.15) is 33.1 Å². The van der Waals surface area contributed by atoms with Gasteiger partial charge in [-0.15, -0.1) is 0 Å². The maximum absolute atomic E-state index is 11.5. The summed E-state index contributed by atoms with van der Waals surface area (Å²) in [6.45, 7) is 5.25. The molecule has 1 saturated heterocycles. The SMILES string of the molecule is CNC(C)(CCCCN1CCS(=O)(=O)CC1C)C(N)=O. The lowest BCUT2D eigenvalue weighted by Gasteiger charge is -2.33. The quantitative estimate of drug-likeness (QED) is 0.632. The van der Waals surface area contributed by atoms with Crippen molar-refractivity contribution >= 4 is 15.7 Å². The lowest BCUT2D eigenvalue weighted by Crippen LogP contribution is -2.51. The average Bonchev–Trinajstić information content (AvgIpc) is 2.35. The van der Waals surface area contributed by atoms with Crippen LogP contribution in [0.5, 0.6) is 0 Å². The van der Waals surface area contributed by atoms with Gasteiger partial charge in [-0.05, 0) is 46.7 Å². The molecule has 0 radical (unpaired) electrons. The number of hydrogen-bond acceptors (Lipinski definition) is 5. The molecule has 6 nitrogen and oxygen atoms in total. The molecule has 3 N–H and O–H groups in total. The van der Waals surface area contributed by atoms with Gasteiger partial charge in [0.25, 0.3) is 0 Å². The first-order valence-corrected chi connectivity index (χ1v) is 8.95. The highest BCUT2D eigenvalue weighted by atomic mass is 32.2. The van der Waals surface area contributed by atoms with E-state index in [1.807, 2.05) is 13.8 Å². The van der Waals surface area contributed by atoms with Crippen molar-refractivity contribution in [2.45, 2.75) is 44.7 Å². The van der Waals surface area contributed by atoms with Gasteiger partial charge in [0, 0.05) is 12.6 Å². The summed E-state index contributed by atoms with van der Waals surface area (Å²) in [4.78, 5) is 13.6. The molecule has 0 aromatic carbocycles. The van der Waals surface area contributed by atoms with Crippen LogP contribution in [-0.4, -0.2) is 62.4 Å². The Labute approximate surface area is 122 Å². The molecule has 2 unspecified atom stereocenters. The lowest BCUT2D eigenvalue weighted by atomic mass is 9.94. The molecule has 2 atom stereocenters. The van der Waals surface area contributed by atoms with Crippen molar-refractivity contribution in [2.75, 3.05) is 31.6 Å². The highest BCUT2D eigenvalue weighted by Gasteiger charge is 2.29. The maximum Gasteiger partial charge on any atom is 0.237 e. The standard InChI is InChI=1S/C13H27N3O3S/c1-11-10-20(18,19)9-8-16(11)7-5-4-6-13(2,15-3)12(14)17/h11,15H,4-10H2,1-3H3,(H2,14,17). The minimum atomic E-state index is -2.85. The van der Waals surface area contributed by atoms with Gasteiger partial charge in [-0.25, -0.2) is 8.42 Å². The fourth-order valence-electron chi connectivity index (χ4n) is 2.53. The molecule has 0 spiro atoms. The summed E-state index contributed by atoms with van der Waals surface area (Å²) in [6, 6.07) is 0.0839. The first kappa shape index (κ1) is 17.4. The van der Waals surface area contributed by atoms with Crippen molar-refractivity contribution in [3.05, 3.63) is 0 Å². The third-order valence-electron chi connectivity index (χ3n) is 4.28. The molecule has 1 aliphatic rings. The zero-order valence-corrected chi connectivity index (χ0v) is 13.5. The van der Waals surface area contributed by atoms with Gasteiger partial charge >= 0.3 is 0 Å². The first-order valence-electron chi connectivity index (χ1n) is 7.13. The third-order valence-corrected chi connectivity index (χ3v) is 6.07. The zero-order chi connectivity index (χ0) is 15.4. The Morgan fingerprint density at radius 3 is 2.60 bits per heavy atom. The van der Waals surface area contributed by atoms with E-state index in [2.05, 4.69) is 10.2 Å². The summed E-state index contributed by atoms with van der Waals surface area (Å²) in [6.07, 6.45) is 2.52. The molecule has 20 heavy (non-hydrogen) atoms. The molecular weight excluding hydrogens is 278 g/mol. The minimum absolute atomic E-state index is 0.0839. The van der Waals surface area contributed by atoms with E-state index in [0.29, 0.717) is 13.0 Å². The van der Waals surface area contributed by atoms with Crippen LogP contribution in [0, 0.1) is 0 Å². The number of carbonyl (C=O) groups excluding carboxylic acids is 1. The number of rotatable bonds is 7. The topological polar surface area (TPSA) is 92.5 Å². The monoisotopic (exact) mass is 305 g/mol. The van der Waals surface area contributed by atoms with Crippen molar-refractivity contribution in [2.24, 2.45) is 5.73 Å². The summed E-state index contributed by atoms with van der Waals surface area (Å²) in [5.74, 6) is 0.174. The lowest BCUT2D eigenvalue weighted by molar-refractivity contribution is -0.123. The van der Waals surface area contributed by atoms with Gasteiger partial charge in [-0.3, -0.25) is 9.69 Å². The molecule has 1 fully saturated rings. The van der Waals surface area contributed by atoms with E-state index in [-0.39, 0.29) is 23.5 Å². The van der Waals surface area contributed by atoms with E-state index in [4.69, 9.17) is 5.73 Å². The Morgan fingerprint density at radius 2 is 2.10 bits per heavy atom. The van der Waals surface area contributed by atoms with Crippen molar-refractivity contribution < 1.29 is 13.2 Å². The highest BCUT2D eigenvalue weighted by Crippen LogP contribution is 2.16. The fraction of sp³-hybridized carbons (Fsp3) is 0.923. The van der Waals surface area contributed by atoms with E-state index < -0.39 is 15.4 Å². The van der Waals surface area contributed by atoms with Crippen molar-refractivity contribution in [1.29, 1.82) is 0 Å². The van der Waals surface area contributed by atoms with Gasteiger partial charge < -0.3 is 11.1 Å². The molecule has 0 aromatic heterocycles. The van der Waals surface area contributed by atoms with Gasteiger partial charge in [-0.1, -0.05) is 0 Å². The van der Waals surface area contributed by atoms with E-state index in [0.717, 1.165) is 19.4 Å². The Kier molecular flexibility index (Phi) is 5.97. The number of carbonyl (C=O) groups is 1. The number of hydrogen-bond donors (Lipinski definition) is 2. The van der Waals surface area contributed by atoms with E-state index >= 15 is 0 Å². The summed E-state index contributed by atoms with van der Waals surface area (Å²) < 4.78 is 23.0. The normalized spacial score (nSPS) is 26.1. The molecular formula is C13H27N3O3S. The molecule has 7 heteroatoms. The predicted octanol–water partition coefficient (Wildman–Crippen LogP) is -0.261. The van der Waals surface area contributed by atoms with Gasteiger partial charge in [-0.2, -0.15) is 0 Å². The fourth-order valence-corrected chi connectivity index (χ4v) is 4.16. The summed E-state index contributed by atoms with van der Waals surface area (Å²) in [5, 5.41) is 2.97. The molecule has 1 heterocycles. The first-order chi connectivity index (χ1) is 9.20. The summed E-state index contributed by atoms with van der Waals surface area (Å²) >= 11 is 0. The second-order valence-corrected chi connectivity index (χ2v) is 8.13. The number of nitrogens with two attached hydrogens (primary N) is 1. The van der Waals surface area contributed by atoms with Crippen LogP contribution >= 0.6 is 0 Å². The number of likely N-dealkylation sites (N-methyl/N-ethyl adjacent to an activating group) is 1.